The molecule has 0 amide bonds. The van der Waals surface area contributed by atoms with Crippen molar-refractivity contribution in [1.29, 1.82) is 0 Å². The van der Waals surface area contributed by atoms with Crippen LogP contribution in [0.3, 0.4) is 0 Å². The molecule has 0 aromatic heterocycles. The predicted octanol–water partition coefficient (Wildman–Crippen LogP) is 1.13. The van der Waals surface area contributed by atoms with Crippen LogP contribution in [0.2, 0.25) is 0 Å². The van der Waals surface area contributed by atoms with Crippen molar-refractivity contribution in [1.82, 2.24) is 0 Å². The number of thiol groups is 1. The lowest BCUT2D eigenvalue weighted by molar-refractivity contribution is 4.97. The van der Waals surface area contributed by atoms with Crippen LogP contribution in [0.1, 0.15) is 0 Å². The molecule has 0 fully saturated rings. The first-order chi connectivity index (χ1) is 24.5. The van der Waals surface area contributed by atoms with Gasteiger partial charge in [-0.05, 0) is 425 Å². The summed E-state index contributed by atoms with van der Waals surface area (Å²) in [5.41, 5.74) is 0. The van der Waals surface area contributed by atoms with Gasteiger partial charge in [0, 0.05) is 118 Å². The average Bonchev–Trinajstić information content (AvgIpc) is 2.98. The number of rotatable bonds is 18. The topological polar surface area (TPSA) is 0 Å². The average molecular weight is 1990 g/mol. The zero-order chi connectivity index (χ0) is 49.5. The molecule has 0 heterocycles. The van der Waals surface area contributed by atoms with Crippen molar-refractivity contribution in [2.45, 2.75) is 0 Å². The molecule has 59 heteroatoms. The fourth-order valence-corrected chi connectivity index (χ4v) is 431. The summed E-state index contributed by atoms with van der Waals surface area (Å²) in [5.74, 6) is 0. The minimum Gasteiger partial charge on any atom is -0.0917 e. The van der Waals surface area contributed by atoms with Crippen molar-refractivity contribution in [3.05, 3.63) is 0 Å². The normalized spacial score (nSPS) is 16.8. The van der Waals surface area contributed by atoms with Crippen molar-refractivity contribution in [2.75, 3.05) is 0 Å². The summed E-state index contributed by atoms with van der Waals surface area (Å²) >= 11 is 230. The Morgan fingerprint density at radius 3 is 0.339 bits per heavy atom. The third-order valence-electron chi connectivity index (χ3n) is 4.50. The van der Waals surface area contributed by atoms with Crippen LogP contribution in [0.15, 0.2) is 0 Å². The monoisotopic (exact) mass is 1980 g/mol. The lowest BCUT2D eigenvalue weighted by Gasteiger charge is -2.36. The molecule has 0 saturated heterocycles. The van der Waals surface area contributed by atoms with Gasteiger partial charge in [0.05, 0.1) is 0 Å². The first kappa shape index (κ1) is 75.1. The molecular weight excluding hydrogens is 1990 g/mol. The van der Waals surface area contributed by atoms with Crippen LogP contribution < -0.4 is 0 Å². The van der Waals surface area contributed by atoms with Gasteiger partial charge < -0.3 is 0 Å². The van der Waals surface area contributed by atoms with E-state index in [1.807, 2.05) is 0 Å². The van der Waals surface area contributed by atoms with E-state index < -0.39 is 97.1 Å². The molecule has 0 saturated carbocycles. The van der Waals surface area contributed by atoms with Crippen LogP contribution >= 0.6 is 32.9 Å². The highest BCUT2D eigenvalue weighted by atomic mass is 127. The summed E-state index contributed by atoms with van der Waals surface area (Å²) in [6.07, 6.45) is 0. The lowest BCUT2D eigenvalue weighted by atomic mass is 29.7. The molecular formula is HIS58. The molecule has 0 rings (SSSR count). The second kappa shape index (κ2) is 23.4. The first-order valence-electron chi connectivity index (χ1n) is 9.67. The highest BCUT2D eigenvalue weighted by Gasteiger charge is 2.46. The maximum absolute atomic E-state index is 6.06. The van der Waals surface area contributed by atoms with Crippen molar-refractivity contribution >= 4 is 555 Å². The summed E-state index contributed by atoms with van der Waals surface area (Å²) in [7, 11) is 0. The van der Waals surface area contributed by atoms with E-state index in [2.05, 4.69) is 11.7 Å². The Kier molecular flexibility index (Phi) is 29.8. The first-order valence-corrected chi connectivity index (χ1v) is 88.7. The van der Waals surface area contributed by atoms with Crippen LogP contribution in [0.25, 0.3) is 0 Å². The molecule has 0 aliphatic rings. The van der Waals surface area contributed by atoms with E-state index in [0.29, 0.717) is 0 Å². The fraction of sp³-hybridized carbons (Fsp3) is 0. The largest absolute Gasteiger partial charge is 0.0917 e. The molecule has 0 bridgehead atoms. The van der Waals surface area contributed by atoms with Gasteiger partial charge in [-0.3, -0.25) is 0 Å². The third-order valence-corrected chi connectivity index (χ3v) is 372. The highest BCUT2D eigenvalue weighted by molar-refractivity contribution is 14.2. The molecule has 0 N–H and O–H groups in total. The summed E-state index contributed by atoms with van der Waals surface area (Å²) < 4.78 is -2.67. The van der Waals surface area contributed by atoms with Gasteiger partial charge >= 0.3 is 0 Å². The van der Waals surface area contributed by atoms with Crippen LogP contribution in [0.4, 0.5) is 0 Å². The fourth-order valence-electron chi connectivity index (χ4n) is 1.74. The van der Waals surface area contributed by atoms with E-state index in [4.69, 9.17) is 425 Å². The van der Waals surface area contributed by atoms with Crippen LogP contribution in [-0.4, -0.2) is 0 Å². The van der Waals surface area contributed by atoms with E-state index in [9.17, 15) is 0 Å². The van der Waals surface area contributed by atoms with E-state index in [-0.39, 0.29) is 0 Å². The van der Waals surface area contributed by atoms with Gasteiger partial charge in [-0.2, -0.15) is 0 Å². The van der Waals surface area contributed by atoms with Crippen LogP contribution in [0.5, 0.6) is 0 Å². The van der Waals surface area contributed by atoms with Gasteiger partial charge in [0.15, 0.2) is 0 Å². The van der Waals surface area contributed by atoms with E-state index >= 15 is 0 Å². The van der Waals surface area contributed by atoms with Crippen molar-refractivity contribution in [2.24, 2.45) is 0 Å². The molecule has 0 aromatic rings. The van der Waals surface area contributed by atoms with Gasteiger partial charge in [-0.15, -0.1) is 0 Å². The van der Waals surface area contributed by atoms with Gasteiger partial charge in [0.25, 0.3) is 0 Å². The smallest absolute Gasteiger partial charge is 0.0451 e. The van der Waals surface area contributed by atoms with Crippen molar-refractivity contribution < 1.29 is 0 Å². The molecule has 0 atom stereocenters. The quantitative estimate of drug-likeness (QED) is 0.0903. The van der Waals surface area contributed by atoms with E-state index in [1.54, 1.807) is 21.2 Å². The van der Waals surface area contributed by atoms with Gasteiger partial charge in [0.1, 0.15) is 0 Å². The number of hydrogen-bond acceptors (Lipinski definition) is 38. The lowest BCUT2D eigenvalue weighted by Crippen LogP contribution is -2.40. The maximum atomic E-state index is 6.06. The van der Waals surface area contributed by atoms with Crippen LogP contribution in [-0.2, 0) is 522 Å². The minimum absolute atomic E-state index is 1.76. The summed E-state index contributed by atoms with van der Waals surface area (Å²) in [6.45, 7) is 0. The Bertz CT molecular complexity index is 3880. The Balaban J connectivity index is 8.49. The molecule has 0 unspecified atom stereocenters. The zero-order valence-corrected chi connectivity index (χ0v) is 73.7. The second-order valence-electron chi connectivity index (χ2n) is 7.76. The van der Waals surface area contributed by atoms with Crippen LogP contribution in [0, 0.1) is 0 Å². The SMILES string of the molecule is S=S(=S)(S)S(=S)(=S)S(=S)(=S)S(=S)(=S)S(=S)(=S)S(=S)(=S)S(=S)(=S)S(=S)(=S)S(=S)(=S)S(=S)(=S)S(=S)(=S)S(=S)(=S)S(=S)(=S)S(=S)(=S)S(=S)(=S)S(=S)(=S)S(=S)(=S)S(=S)(=S)S(=S)(=S)I. The molecule has 0 nitrogen and oxygen atoms in total. The molecule has 0 aromatic carbocycles. The highest BCUT2D eigenvalue weighted by Crippen LogP contribution is 2.43. The number of hydrogen-bond donors (Lipinski definition) is 1. The Morgan fingerprint density at radius 1 is 0.169 bits per heavy atom. The number of halogens is 1. The van der Waals surface area contributed by atoms with Gasteiger partial charge in [-0.25, -0.2) is 0 Å². The Hall–Kier alpha value is 16.1. The Labute approximate surface area is 538 Å². The Morgan fingerprint density at radius 2 is 0.254 bits per heavy atom. The van der Waals surface area contributed by atoms with Crippen molar-refractivity contribution in [3.63, 3.8) is 0 Å². The maximum Gasteiger partial charge on any atom is 0.0451 e. The summed E-state index contributed by atoms with van der Waals surface area (Å²) in [5, 5.41) is -65.0. The molecule has 0 spiro atoms. The summed E-state index contributed by atoms with van der Waals surface area (Å²) in [6, 6.07) is 0. The van der Waals surface area contributed by atoms with Gasteiger partial charge in [0.2, 0.25) is 0 Å². The summed E-state index contributed by atoms with van der Waals surface area (Å²) in [4.78, 5) is 0. The van der Waals surface area contributed by atoms with Gasteiger partial charge in [-0.1, -0.05) is 11.7 Å². The molecule has 0 aliphatic heterocycles. The third kappa shape index (κ3) is 12.1. The standard InChI is InChI=1S/HIS58/c1-41(2,3)43(7,8)45(11,12)47(15,16)49(19,20)51(23,24)53(27,28)55(31,32)57(35,36)59(39,40)58(37,38)56(33,34)54(29,30)52(25,26)50(21,22)48(17,18)46(13,14)44(9,10)42(4,5)6/h(H,4,5,6). The van der Waals surface area contributed by atoms with E-state index in [1.165, 1.54) is 0 Å². The molecule has 0 radical (unpaired) electrons. The predicted molar refractivity (Wildman–Crippen MR) is 443 cm³/mol. The molecule has 356 valence electrons. The van der Waals surface area contributed by atoms with E-state index in [0.717, 1.165) is 0 Å². The second-order valence-corrected chi connectivity index (χ2v) is 216. The molecule has 0 aliphatic carbocycles. The van der Waals surface area contributed by atoms with Crippen molar-refractivity contribution in [3.8, 4) is 0 Å². The zero-order valence-electron chi connectivity index (χ0n) is 24.1. The molecule has 59 heavy (non-hydrogen) atoms. The minimum atomic E-state index is -3.88.